The highest BCUT2D eigenvalue weighted by molar-refractivity contribution is 5.84. The summed E-state index contributed by atoms with van der Waals surface area (Å²) in [5.41, 5.74) is 2.38. The standard InChI is InChI=1S/C14H20N2O2/c1-16(7-8-18-2)14(17)13-10-15-9-11-5-3-4-6-12(11)13/h3-6,13,15H,7-10H2,1-2H3. The molecule has 1 aromatic rings. The second-order valence-corrected chi connectivity index (χ2v) is 4.63. The lowest BCUT2D eigenvalue weighted by Crippen LogP contribution is -2.40. The van der Waals surface area contributed by atoms with E-state index in [1.165, 1.54) is 5.56 Å². The zero-order valence-electron chi connectivity index (χ0n) is 11.0. The second kappa shape index (κ2) is 5.98. The molecule has 0 radical (unpaired) electrons. The van der Waals surface area contributed by atoms with E-state index in [1.807, 2.05) is 19.2 Å². The SMILES string of the molecule is COCCN(C)C(=O)C1CNCc2ccccc21. The van der Waals surface area contributed by atoms with E-state index in [0.717, 1.165) is 12.1 Å². The van der Waals surface area contributed by atoms with Crippen molar-refractivity contribution in [1.82, 2.24) is 10.2 Å². The molecule has 0 bridgehead atoms. The minimum atomic E-state index is -0.0724. The van der Waals surface area contributed by atoms with Gasteiger partial charge in [-0.1, -0.05) is 24.3 Å². The Morgan fingerprint density at radius 3 is 3.06 bits per heavy atom. The topological polar surface area (TPSA) is 41.6 Å². The maximum atomic E-state index is 12.4. The molecular formula is C14H20N2O2. The molecule has 1 heterocycles. The number of methoxy groups -OCH3 is 1. The number of hydrogen-bond donors (Lipinski definition) is 1. The number of fused-ring (bicyclic) bond motifs is 1. The fourth-order valence-electron chi connectivity index (χ4n) is 2.32. The lowest BCUT2D eigenvalue weighted by atomic mass is 9.90. The highest BCUT2D eigenvalue weighted by Gasteiger charge is 2.27. The molecule has 18 heavy (non-hydrogen) atoms. The predicted molar refractivity (Wildman–Crippen MR) is 70.4 cm³/mol. The number of carbonyl (C=O) groups is 1. The van der Waals surface area contributed by atoms with Gasteiger partial charge in [-0.25, -0.2) is 0 Å². The zero-order valence-corrected chi connectivity index (χ0v) is 11.0. The Labute approximate surface area is 108 Å². The number of carbonyl (C=O) groups excluding carboxylic acids is 1. The number of rotatable bonds is 4. The summed E-state index contributed by atoms with van der Waals surface area (Å²) in [7, 11) is 3.48. The molecule has 0 fully saturated rings. The van der Waals surface area contributed by atoms with Gasteiger partial charge in [0.1, 0.15) is 0 Å². The maximum Gasteiger partial charge on any atom is 0.231 e. The molecule has 1 atom stereocenters. The summed E-state index contributed by atoms with van der Waals surface area (Å²) in [6.45, 7) is 2.77. The molecule has 1 N–H and O–H groups in total. The number of benzene rings is 1. The van der Waals surface area contributed by atoms with Crippen LogP contribution in [0.25, 0.3) is 0 Å². The van der Waals surface area contributed by atoms with Crippen molar-refractivity contribution in [2.75, 3.05) is 33.9 Å². The van der Waals surface area contributed by atoms with Crippen molar-refractivity contribution in [1.29, 1.82) is 0 Å². The summed E-state index contributed by atoms with van der Waals surface area (Å²) in [5, 5.41) is 3.30. The van der Waals surface area contributed by atoms with Crippen LogP contribution in [-0.4, -0.2) is 44.7 Å². The molecule has 1 aliphatic rings. The number of nitrogens with zero attached hydrogens (tertiary/aromatic N) is 1. The normalized spacial score (nSPS) is 18.2. The molecule has 0 aliphatic carbocycles. The fraction of sp³-hybridized carbons (Fsp3) is 0.500. The summed E-state index contributed by atoms with van der Waals surface area (Å²) in [6.07, 6.45) is 0. The first-order chi connectivity index (χ1) is 8.74. The van der Waals surface area contributed by atoms with Gasteiger partial charge in [0.15, 0.2) is 0 Å². The van der Waals surface area contributed by atoms with E-state index in [2.05, 4.69) is 17.4 Å². The van der Waals surface area contributed by atoms with Crippen molar-refractivity contribution in [3.05, 3.63) is 35.4 Å². The lowest BCUT2D eigenvalue weighted by molar-refractivity contribution is -0.132. The fourth-order valence-corrected chi connectivity index (χ4v) is 2.32. The Balaban J connectivity index is 2.12. The highest BCUT2D eigenvalue weighted by atomic mass is 16.5. The van der Waals surface area contributed by atoms with Gasteiger partial charge >= 0.3 is 0 Å². The third-order valence-corrected chi connectivity index (χ3v) is 3.40. The Bertz CT molecular complexity index is 420. The molecule has 2 rings (SSSR count). The van der Waals surface area contributed by atoms with Gasteiger partial charge in [-0.2, -0.15) is 0 Å². The number of amides is 1. The van der Waals surface area contributed by atoms with E-state index >= 15 is 0 Å². The summed E-state index contributed by atoms with van der Waals surface area (Å²) in [4.78, 5) is 14.1. The summed E-state index contributed by atoms with van der Waals surface area (Å²) in [6, 6.07) is 8.15. The number of ether oxygens (including phenoxy) is 1. The number of likely N-dealkylation sites (N-methyl/N-ethyl adjacent to an activating group) is 1. The van der Waals surface area contributed by atoms with Crippen LogP contribution in [0.3, 0.4) is 0 Å². The van der Waals surface area contributed by atoms with Crippen LogP contribution in [0.1, 0.15) is 17.0 Å². The highest BCUT2D eigenvalue weighted by Crippen LogP contribution is 2.25. The number of hydrogen-bond acceptors (Lipinski definition) is 3. The van der Waals surface area contributed by atoms with Crippen LogP contribution < -0.4 is 5.32 Å². The first-order valence-corrected chi connectivity index (χ1v) is 6.26. The van der Waals surface area contributed by atoms with Crippen molar-refractivity contribution in [2.45, 2.75) is 12.5 Å². The quantitative estimate of drug-likeness (QED) is 0.863. The molecule has 1 aliphatic heterocycles. The van der Waals surface area contributed by atoms with Crippen LogP contribution in [-0.2, 0) is 16.1 Å². The van der Waals surface area contributed by atoms with Crippen molar-refractivity contribution in [3.8, 4) is 0 Å². The average Bonchev–Trinajstić information content (AvgIpc) is 2.43. The van der Waals surface area contributed by atoms with Crippen molar-refractivity contribution in [2.24, 2.45) is 0 Å². The van der Waals surface area contributed by atoms with E-state index in [0.29, 0.717) is 19.7 Å². The smallest absolute Gasteiger partial charge is 0.231 e. The van der Waals surface area contributed by atoms with Gasteiger partial charge in [0.25, 0.3) is 0 Å². The van der Waals surface area contributed by atoms with Gasteiger partial charge in [0, 0.05) is 33.8 Å². The molecule has 98 valence electrons. The minimum Gasteiger partial charge on any atom is -0.383 e. The van der Waals surface area contributed by atoms with E-state index < -0.39 is 0 Å². The van der Waals surface area contributed by atoms with E-state index in [4.69, 9.17) is 4.74 Å². The lowest BCUT2D eigenvalue weighted by Gasteiger charge is -2.29. The largest absolute Gasteiger partial charge is 0.383 e. The van der Waals surface area contributed by atoms with Gasteiger partial charge in [0.05, 0.1) is 12.5 Å². The first kappa shape index (κ1) is 13.1. The molecule has 1 amide bonds. The third kappa shape index (κ3) is 2.71. The van der Waals surface area contributed by atoms with Crippen molar-refractivity contribution in [3.63, 3.8) is 0 Å². The Morgan fingerprint density at radius 2 is 2.28 bits per heavy atom. The molecule has 0 saturated carbocycles. The second-order valence-electron chi connectivity index (χ2n) is 4.63. The summed E-state index contributed by atoms with van der Waals surface area (Å²) in [5.74, 6) is 0.0866. The summed E-state index contributed by atoms with van der Waals surface area (Å²) < 4.78 is 5.01. The van der Waals surface area contributed by atoms with Gasteiger partial charge in [-0.15, -0.1) is 0 Å². The van der Waals surface area contributed by atoms with Crippen LogP contribution in [0.2, 0.25) is 0 Å². The van der Waals surface area contributed by atoms with Gasteiger partial charge in [0.2, 0.25) is 5.91 Å². The molecule has 1 unspecified atom stereocenters. The van der Waals surface area contributed by atoms with Gasteiger partial charge < -0.3 is 15.0 Å². The molecule has 1 aromatic carbocycles. The van der Waals surface area contributed by atoms with Crippen LogP contribution in [0.5, 0.6) is 0 Å². The van der Waals surface area contributed by atoms with Crippen LogP contribution >= 0.6 is 0 Å². The van der Waals surface area contributed by atoms with E-state index in [9.17, 15) is 4.79 Å². The van der Waals surface area contributed by atoms with Crippen LogP contribution in [0.15, 0.2) is 24.3 Å². The zero-order chi connectivity index (χ0) is 13.0. The molecule has 4 nitrogen and oxygen atoms in total. The maximum absolute atomic E-state index is 12.4. The van der Waals surface area contributed by atoms with Gasteiger partial charge in [-0.3, -0.25) is 4.79 Å². The Kier molecular flexibility index (Phi) is 4.33. The predicted octanol–water partition coefficient (Wildman–Crippen LogP) is 0.978. The van der Waals surface area contributed by atoms with Gasteiger partial charge in [-0.05, 0) is 11.1 Å². The Morgan fingerprint density at radius 1 is 1.50 bits per heavy atom. The van der Waals surface area contributed by atoms with Crippen molar-refractivity contribution < 1.29 is 9.53 Å². The monoisotopic (exact) mass is 248 g/mol. The Hall–Kier alpha value is -1.39. The first-order valence-electron chi connectivity index (χ1n) is 6.26. The molecule has 0 aromatic heterocycles. The average molecular weight is 248 g/mol. The van der Waals surface area contributed by atoms with Crippen molar-refractivity contribution >= 4 is 5.91 Å². The summed E-state index contributed by atoms with van der Waals surface area (Å²) >= 11 is 0. The van der Waals surface area contributed by atoms with E-state index in [-0.39, 0.29) is 11.8 Å². The minimum absolute atomic E-state index is 0.0724. The number of nitrogens with one attached hydrogen (secondary N) is 1. The molecule has 0 saturated heterocycles. The van der Waals surface area contributed by atoms with Crippen LogP contribution in [0, 0.1) is 0 Å². The molecule has 0 spiro atoms. The van der Waals surface area contributed by atoms with Crippen LogP contribution in [0.4, 0.5) is 0 Å². The molecular weight excluding hydrogens is 228 g/mol. The molecule has 4 heteroatoms. The van der Waals surface area contributed by atoms with E-state index in [1.54, 1.807) is 12.0 Å². The third-order valence-electron chi connectivity index (χ3n) is 3.40.